The monoisotopic (exact) mass is 267 g/mol. The van der Waals surface area contributed by atoms with Crippen LogP contribution in [0.4, 0.5) is 9.80 Å². The number of carbonyl (C=O) groups excluding carboxylic acids is 2. The Morgan fingerprint density at radius 3 is 2.56 bits per heavy atom. The summed E-state index contributed by atoms with van der Waals surface area (Å²) in [4.78, 5) is 29.6. The van der Waals surface area contributed by atoms with Crippen molar-refractivity contribution in [1.82, 2.24) is 10.3 Å². The standard InChI is InChI=1S/C12H17N3O2S/c1-6(2)5-9-10(16)15(12(17)14-9)11-7(3)13-8(4)18-11/h6,9H,5H2,1-4H3,(H,14,17)/t9-/m0/s1. The van der Waals surface area contributed by atoms with Crippen molar-refractivity contribution >= 4 is 28.3 Å². The smallest absolute Gasteiger partial charge is 0.325 e. The largest absolute Gasteiger partial charge is 0.330 e. The summed E-state index contributed by atoms with van der Waals surface area (Å²) in [6, 6.07) is -0.739. The van der Waals surface area contributed by atoms with Crippen LogP contribution in [-0.4, -0.2) is 23.0 Å². The molecule has 6 heteroatoms. The van der Waals surface area contributed by atoms with Crippen LogP contribution >= 0.6 is 11.3 Å². The van der Waals surface area contributed by atoms with Gasteiger partial charge in [-0.05, 0) is 26.2 Å². The molecule has 0 bridgehead atoms. The second-order valence-electron chi connectivity index (χ2n) is 4.93. The molecule has 1 aliphatic rings. The van der Waals surface area contributed by atoms with Gasteiger partial charge in [-0.2, -0.15) is 0 Å². The predicted molar refractivity (Wildman–Crippen MR) is 70.8 cm³/mol. The van der Waals surface area contributed by atoms with E-state index < -0.39 is 6.04 Å². The average molecular weight is 267 g/mol. The number of nitrogens with one attached hydrogen (secondary N) is 1. The Bertz CT molecular complexity index is 496. The number of aryl methyl sites for hydroxylation is 2. The van der Waals surface area contributed by atoms with Crippen LogP contribution in [0.15, 0.2) is 0 Å². The van der Waals surface area contributed by atoms with E-state index in [9.17, 15) is 9.59 Å². The fraction of sp³-hybridized carbons (Fsp3) is 0.583. The summed E-state index contributed by atoms with van der Waals surface area (Å²) < 4.78 is 0. The van der Waals surface area contributed by atoms with Crippen molar-refractivity contribution in [3.05, 3.63) is 10.7 Å². The van der Waals surface area contributed by atoms with Crippen molar-refractivity contribution in [1.29, 1.82) is 0 Å². The number of amides is 3. The first-order valence-electron chi connectivity index (χ1n) is 5.98. The van der Waals surface area contributed by atoms with Crippen LogP contribution < -0.4 is 10.2 Å². The third-order valence-electron chi connectivity index (χ3n) is 2.81. The van der Waals surface area contributed by atoms with Gasteiger partial charge >= 0.3 is 6.03 Å². The molecular formula is C12H17N3O2S. The second-order valence-corrected chi connectivity index (χ2v) is 6.11. The Morgan fingerprint density at radius 2 is 2.06 bits per heavy atom. The highest BCUT2D eigenvalue weighted by atomic mass is 32.1. The molecule has 0 saturated carbocycles. The van der Waals surface area contributed by atoms with Gasteiger partial charge in [0.25, 0.3) is 5.91 Å². The van der Waals surface area contributed by atoms with Crippen LogP contribution in [0, 0.1) is 19.8 Å². The highest BCUT2D eigenvalue weighted by Gasteiger charge is 2.40. The zero-order valence-corrected chi connectivity index (χ0v) is 11.8. The minimum absolute atomic E-state index is 0.166. The molecule has 1 fully saturated rings. The van der Waals surface area contributed by atoms with Gasteiger partial charge in [0, 0.05) is 0 Å². The number of rotatable bonds is 3. The first kappa shape index (κ1) is 13.0. The predicted octanol–water partition coefficient (Wildman–Crippen LogP) is 2.23. The maximum Gasteiger partial charge on any atom is 0.330 e. The van der Waals surface area contributed by atoms with Crippen LogP contribution in [0.5, 0.6) is 0 Å². The van der Waals surface area contributed by atoms with Gasteiger partial charge in [0.2, 0.25) is 0 Å². The van der Waals surface area contributed by atoms with E-state index in [-0.39, 0.29) is 11.9 Å². The molecule has 98 valence electrons. The lowest BCUT2D eigenvalue weighted by molar-refractivity contribution is -0.118. The lowest BCUT2D eigenvalue weighted by atomic mass is 10.0. The van der Waals surface area contributed by atoms with Gasteiger partial charge in [-0.1, -0.05) is 13.8 Å². The molecular weight excluding hydrogens is 250 g/mol. The zero-order valence-electron chi connectivity index (χ0n) is 11.0. The number of aromatic nitrogens is 1. The van der Waals surface area contributed by atoms with E-state index in [1.807, 2.05) is 27.7 Å². The fourth-order valence-corrected chi connectivity index (χ4v) is 3.00. The van der Waals surface area contributed by atoms with E-state index in [0.717, 1.165) is 10.7 Å². The summed E-state index contributed by atoms with van der Waals surface area (Å²) in [7, 11) is 0. The molecule has 1 aromatic heterocycles. The van der Waals surface area contributed by atoms with E-state index in [4.69, 9.17) is 0 Å². The topological polar surface area (TPSA) is 62.3 Å². The van der Waals surface area contributed by atoms with Gasteiger partial charge in [0.15, 0.2) is 0 Å². The molecule has 0 aliphatic carbocycles. The highest BCUT2D eigenvalue weighted by Crippen LogP contribution is 2.31. The Labute approximate surface area is 110 Å². The van der Waals surface area contributed by atoms with Gasteiger partial charge in [0.05, 0.1) is 10.7 Å². The number of hydrogen-bond donors (Lipinski definition) is 1. The minimum atomic E-state index is -0.403. The Morgan fingerprint density at radius 1 is 1.39 bits per heavy atom. The van der Waals surface area contributed by atoms with Gasteiger partial charge in [0.1, 0.15) is 11.0 Å². The maximum atomic E-state index is 12.2. The molecule has 3 amide bonds. The summed E-state index contributed by atoms with van der Waals surface area (Å²) >= 11 is 1.37. The van der Waals surface area contributed by atoms with Gasteiger partial charge in [-0.3, -0.25) is 4.79 Å². The van der Waals surface area contributed by atoms with Crippen molar-refractivity contribution in [2.45, 2.75) is 40.2 Å². The number of thiazole rings is 1. The molecule has 18 heavy (non-hydrogen) atoms. The number of urea groups is 1. The van der Waals surface area contributed by atoms with E-state index in [1.54, 1.807) is 0 Å². The third kappa shape index (κ3) is 2.25. The van der Waals surface area contributed by atoms with Crippen molar-refractivity contribution in [3.63, 3.8) is 0 Å². The highest BCUT2D eigenvalue weighted by molar-refractivity contribution is 7.16. The number of nitrogens with zero attached hydrogens (tertiary/aromatic N) is 2. The first-order valence-corrected chi connectivity index (χ1v) is 6.80. The number of imide groups is 1. The molecule has 0 unspecified atom stereocenters. The Kier molecular flexibility index (Phi) is 3.38. The van der Waals surface area contributed by atoms with Crippen molar-refractivity contribution in [2.75, 3.05) is 4.90 Å². The number of hydrogen-bond acceptors (Lipinski definition) is 4. The molecule has 5 nitrogen and oxygen atoms in total. The molecule has 0 spiro atoms. The molecule has 2 rings (SSSR count). The van der Waals surface area contributed by atoms with Gasteiger partial charge in [-0.15, -0.1) is 11.3 Å². The van der Waals surface area contributed by atoms with Crippen LogP contribution in [0.3, 0.4) is 0 Å². The molecule has 1 saturated heterocycles. The van der Waals surface area contributed by atoms with Crippen molar-refractivity contribution < 1.29 is 9.59 Å². The normalized spacial score (nSPS) is 19.8. The van der Waals surface area contributed by atoms with Crippen molar-refractivity contribution in [3.8, 4) is 0 Å². The summed E-state index contributed by atoms with van der Waals surface area (Å²) in [5.41, 5.74) is 0.728. The van der Waals surface area contributed by atoms with Crippen LogP contribution in [0.1, 0.15) is 31.0 Å². The van der Waals surface area contributed by atoms with E-state index >= 15 is 0 Å². The maximum absolute atomic E-state index is 12.2. The molecule has 0 aromatic carbocycles. The first-order chi connectivity index (χ1) is 8.40. The van der Waals surface area contributed by atoms with Gasteiger partial charge in [-0.25, -0.2) is 14.7 Å². The average Bonchev–Trinajstić information content (AvgIpc) is 2.68. The van der Waals surface area contributed by atoms with Crippen LogP contribution in [0.2, 0.25) is 0 Å². The SMILES string of the molecule is Cc1nc(C)c(N2C(=O)N[C@@H](CC(C)C)C2=O)s1. The minimum Gasteiger partial charge on any atom is -0.325 e. The fourth-order valence-electron chi connectivity index (χ4n) is 2.08. The lowest BCUT2D eigenvalue weighted by Crippen LogP contribution is -2.31. The quantitative estimate of drug-likeness (QED) is 0.854. The lowest BCUT2D eigenvalue weighted by Gasteiger charge is -2.12. The van der Waals surface area contributed by atoms with Gasteiger partial charge < -0.3 is 5.32 Å². The Balaban J connectivity index is 2.27. The Hall–Kier alpha value is -1.43. The second kappa shape index (κ2) is 4.68. The molecule has 1 atom stereocenters. The molecule has 1 N–H and O–H groups in total. The molecule has 2 heterocycles. The number of carbonyl (C=O) groups is 2. The van der Waals surface area contributed by atoms with Crippen molar-refractivity contribution in [2.24, 2.45) is 5.92 Å². The zero-order chi connectivity index (χ0) is 13.4. The van der Waals surface area contributed by atoms with E-state index in [1.165, 1.54) is 16.2 Å². The number of anilines is 1. The summed E-state index contributed by atoms with van der Waals surface area (Å²) in [6.07, 6.45) is 0.665. The molecule has 0 radical (unpaired) electrons. The van der Waals surface area contributed by atoms with E-state index in [0.29, 0.717) is 17.3 Å². The summed E-state index contributed by atoms with van der Waals surface area (Å²) in [5, 5.41) is 4.23. The molecule has 1 aliphatic heterocycles. The summed E-state index contributed by atoms with van der Waals surface area (Å²) in [6.45, 7) is 7.74. The van der Waals surface area contributed by atoms with E-state index in [2.05, 4.69) is 10.3 Å². The molecule has 1 aromatic rings. The third-order valence-corrected chi connectivity index (χ3v) is 3.87. The summed E-state index contributed by atoms with van der Waals surface area (Å²) in [5.74, 6) is 0.198. The van der Waals surface area contributed by atoms with Crippen LogP contribution in [0.25, 0.3) is 0 Å². The van der Waals surface area contributed by atoms with Crippen LogP contribution in [-0.2, 0) is 4.79 Å².